The number of aromatic nitrogens is 2. The van der Waals surface area contributed by atoms with Gasteiger partial charge >= 0.3 is 0 Å². The Kier molecular flexibility index (Phi) is 5.39. The highest BCUT2D eigenvalue weighted by Gasteiger charge is 2.15. The molecule has 0 spiro atoms. The number of hydrogen-bond donors (Lipinski definition) is 2. The van der Waals surface area contributed by atoms with E-state index >= 15 is 0 Å². The zero-order valence-corrected chi connectivity index (χ0v) is 11.7. The third kappa shape index (κ3) is 4.35. The minimum absolute atomic E-state index is 0.0697. The molecule has 1 saturated carbocycles. The molecule has 106 valence electrons. The SMILES string of the molecule is CNC(=O)CCNCc1ccn(C2CCCCC2)n1. The van der Waals surface area contributed by atoms with Crippen LogP contribution in [-0.2, 0) is 11.3 Å². The second kappa shape index (κ2) is 7.28. The highest BCUT2D eigenvalue weighted by atomic mass is 16.1. The molecule has 1 fully saturated rings. The van der Waals surface area contributed by atoms with E-state index in [1.165, 1.54) is 32.1 Å². The van der Waals surface area contributed by atoms with Crippen molar-refractivity contribution in [3.63, 3.8) is 0 Å². The van der Waals surface area contributed by atoms with Gasteiger partial charge in [0.05, 0.1) is 11.7 Å². The molecule has 0 unspecified atom stereocenters. The molecule has 1 aromatic rings. The molecule has 0 atom stereocenters. The standard InChI is InChI=1S/C14H24N4O/c1-15-14(19)7-9-16-11-12-8-10-18(17-12)13-5-3-2-4-6-13/h8,10,13,16H,2-7,9,11H2,1H3,(H,15,19). The molecule has 2 N–H and O–H groups in total. The molecule has 1 amide bonds. The topological polar surface area (TPSA) is 59.0 Å². The molecule has 0 aromatic carbocycles. The van der Waals surface area contributed by atoms with Crippen molar-refractivity contribution in [2.45, 2.75) is 51.1 Å². The molecule has 2 rings (SSSR count). The first kappa shape index (κ1) is 14.1. The maximum Gasteiger partial charge on any atom is 0.221 e. The van der Waals surface area contributed by atoms with E-state index in [0.717, 1.165) is 12.2 Å². The molecule has 1 aliphatic rings. The van der Waals surface area contributed by atoms with E-state index in [0.29, 0.717) is 19.0 Å². The van der Waals surface area contributed by atoms with E-state index in [4.69, 9.17) is 0 Å². The number of nitrogens with zero attached hydrogens (tertiary/aromatic N) is 2. The summed E-state index contributed by atoms with van der Waals surface area (Å²) in [5.41, 5.74) is 1.06. The maximum atomic E-state index is 11.1. The minimum atomic E-state index is 0.0697. The Hall–Kier alpha value is -1.36. The third-order valence-electron chi connectivity index (χ3n) is 3.73. The summed E-state index contributed by atoms with van der Waals surface area (Å²) in [6.45, 7) is 1.42. The fourth-order valence-electron chi connectivity index (χ4n) is 2.56. The van der Waals surface area contributed by atoms with Gasteiger partial charge in [-0.25, -0.2) is 0 Å². The molecule has 0 radical (unpaired) electrons. The van der Waals surface area contributed by atoms with Crippen LogP contribution in [-0.4, -0.2) is 29.3 Å². The van der Waals surface area contributed by atoms with E-state index in [1.807, 2.05) is 0 Å². The minimum Gasteiger partial charge on any atom is -0.359 e. The van der Waals surface area contributed by atoms with Crippen molar-refractivity contribution in [2.24, 2.45) is 0 Å². The number of rotatable bonds is 6. The van der Waals surface area contributed by atoms with Gasteiger partial charge in [0.15, 0.2) is 0 Å². The Bertz CT molecular complexity index is 396. The van der Waals surface area contributed by atoms with Gasteiger partial charge in [-0.15, -0.1) is 0 Å². The summed E-state index contributed by atoms with van der Waals surface area (Å²) in [5.74, 6) is 0.0697. The molecule has 19 heavy (non-hydrogen) atoms. The van der Waals surface area contributed by atoms with Crippen molar-refractivity contribution in [2.75, 3.05) is 13.6 Å². The van der Waals surface area contributed by atoms with Crippen molar-refractivity contribution in [1.82, 2.24) is 20.4 Å². The van der Waals surface area contributed by atoms with E-state index in [1.54, 1.807) is 7.05 Å². The highest BCUT2D eigenvalue weighted by molar-refractivity contribution is 5.75. The average Bonchev–Trinajstić information content (AvgIpc) is 2.93. The average molecular weight is 264 g/mol. The van der Waals surface area contributed by atoms with Gasteiger partial charge in [0.2, 0.25) is 5.91 Å². The summed E-state index contributed by atoms with van der Waals surface area (Å²) < 4.78 is 2.12. The summed E-state index contributed by atoms with van der Waals surface area (Å²) in [7, 11) is 1.66. The van der Waals surface area contributed by atoms with Crippen LogP contribution in [0.5, 0.6) is 0 Å². The summed E-state index contributed by atoms with van der Waals surface area (Å²) in [6.07, 6.45) is 9.13. The van der Waals surface area contributed by atoms with Gasteiger partial charge in [-0.3, -0.25) is 9.48 Å². The van der Waals surface area contributed by atoms with Gasteiger partial charge in [0.1, 0.15) is 0 Å². The third-order valence-corrected chi connectivity index (χ3v) is 3.73. The van der Waals surface area contributed by atoms with E-state index in [9.17, 15) is 4.79 Å². The molecule has 5 heteroatoms. The van der Waals surface area contributed by atoms with Crippen LogP contribution in [0.4, 0.5) is 0 Å². The molecule has 5 nitrogen and oxygen atoms in total. The molecule has 1 aliphatic carbocycles. The first-order chi connectivity index (χ1) is 9.29. The zero-order valence-electron chi connectivity index (χ0n) is 11.7. The van der Waals surface area contributed by atoms with Crippen molar-refractivity contribution in [1.29, 1.82) is 0 Å². The first-order valence-electron chi connectivity index (χ1n) is 7.25. The lowest BCUT2D eigenvalue weighted by Gasteiger charge is -2.21. The highest BCUT2D eigenvalue weighted by Crippen LogP contribution is 2.27. The predicted molar refractivity (Wildman–Crippen MR) is 74.7 cm³/mol. The summed E-state index contributed by atoms with van der Waals surface area (Å²) in [6, 6.07) is 2.66. The fraction of sp³-hybridized carbons (Fsp3) is 0.714. The molecular formula is C14H24N4O. The summed E-state index contributed by atoms with van der Waals surface area (Å²) in [4.78, 5) is 11.1. The lowest BCUT2D eigenvalue weighted by atomic mass is 9.96. The Morgan fingerprint density at radius 3 is 2.95 bits per heavy atom. The molecule has 0 saturated heterocycles. The Labute approximate surface area is 114 Å². The van der Waals surface area contributed by atoms with Crippen molar-refractivity contribution >= 4 is 5.91 Å². The number of nitrogens with one attached hydrogen (secondary N) is 2. The van der Waals surface area contributed by atoms with Gasteiger partial charge in [-0.05, 0) is 18.9 Å². The Morgan fingerprint density at radius 2 is 2.21 bits per heavy atom. The van der Waals surface area contributed by atoms with Crippen LogP contribution in [0.2, 0.25) is 0 Å². The summed E-state index contributed by atoms with van der Waals surface area (Å²) >= 11 is 0. The molecule has 0 aliphatic heterocycles. The van der Waals surface area contributed by atoms with Crippen molar-refractivity contribution in [3.8, 4) is 0 Å². The van der Waals surface area contributed by atoms with E-state index in [-0.39, 0.29) is 5.91 Å². The van der Waals surface area contributed by atoms with Gasteiger partial charge in [0, 0.05) is 32.8 Å². The largest absolute Gasteiger partial charge is 0.359 e. The van der Waals surface area contributed by atoms with Crippen LogP contribution in [0.1, 0.15) is 50.3 Å². The van der Waals surface area contributed by atoms with Crippen LogP contribution in [0.15, 0.2) is 12.3 Å². The maximum absolute atomic E-state index is 11.1. The number of carbonyl (C=O) groups is 1. The lowest BCUT2D eigenvalue weighted by molar-refractivity contribution is -0.120. The van der Waals surface area contributed by atoms with E-state index in [2.05, 4.69) is 32.7 Å². The van der Waals surface area contributed by atoms with E-state index < -0.39 is 0 Å². The summed E-state index contributed by atoms with van der Waals surface area (Å²) in [5, 5.41) is 10.5. The van der Waals surface area contributed by atoms with Crippen LogP contribution >= 0.6 is 0 Å². The van der Waals surface area contributed by atoms with Crippen molar-refractivity contribution in [3.05, 3.63) is 18.0 Å². The monoisotopic (exact) mass is 264 g/mol. The Balaban J connectivity index is 1.72. The quantitative estimate of drug-likeness (QED) is 0.768. The fourth-order valence-corrected chi connectivity index (χ4v) is 2.56. The smallest absolute Gasteiger partial charge is 0.221 e. The number of carbonyl (C=O) groups excluding carboxylic acids is 1. The van der Waals surface area contributed by atoms with Crippen LogP contribution < -0.4 is 10.6 Å². The van der Waals surface area contributed by atoms with Gasteiger partial charge in [-0.1, -0.05) is 19.3 Å². The first-order valence-corrected chi connectivity index (χ1v) is 7.25. The second-order valence-electron chi connectivity index (χ2n) is 5.18. The molecule has 0 bridgehead atoms. The van der Waals surface area contributed by atoms with Crippen LogP contribution in [0, 0.1) is 0 Å². The van der Waals surface area contributed by atoms with Crippen LogP contribution in [0.25, 0.3) is 0 Å². The molecule has 1 aromatic heterocycles. The molecule has 1 heterocycles. The van der Waals surface area contributed by atoms with Crippen molar-refractivity contribution < 1.29 is 4.79 Å². The van der Waals surface area contributed by atoms with Crippen LogP contribution in [0.3, 0.4) is 0 Å². The number of hydrogen-bond acceptors (Lipinski definition) is 3. The zero-order chi connectivity index (χ0) is 13.5. The van der Waals surface area contributed by atoms with Gasteiger partial charge < -0.3 is 10.6 Å². The van der Waals surface area contributed by atoms with Gasteiger partial charge in [0.25, 0.3) is 0 Å². The predicted octanol–water partition coefficient (Wildman–Crippen LogP) is 1.61. The lowest BCUT2D eigenvalue weighted by Crippen LogP contribution is -2.24. The number of amides is 1. The second-order valence-corrected chi connectivity index (χ2v) is 5.18. The normalized spacial score (nSPS) is 16.5. The van der Waals surface area contributed by atoms with Gasteiger partial charge in [-0.2, -0.15) is 5.10 Å². The molecular weight excluding hydrogens is 240 g/mol. The Morgan fingerprint density at radius 1 is 1.42 bits per heavy atom.